The highest BCUT2D eigenvalue weighted by molar-refractivity contribution is 5.80. The van der Waals surface area contributed by atoms with Gasteiger partial charge >= 0.3 is 0 Å². The summed E-state index contributed by atoms with van der Waals surface area (Å²) in [7, 11) is 1.85. The summed E-state index contributed by atoms with van der Waals surface area (Å²) in [5.74, 6) is 2.29. The molecule has 3 heterocycles. The molecule has 0 spiro atoms. The molecule has 2 N–H and O–H groups in total. The van der Waals surface area contributed by atoms with Gasteiger partial charge in [-0.3, -0.25) is 9.89 Å². The van der Waals surface area contributed by atoms with Crippen molar-refractivity contribution in [1.82, 2.24) is 15.1 Å². The standard InChI is InChI=1S/C23H33N5O2/c1-24-23(28-15-13-27(14-16-28)19-8-3-4-9-21(19)29)25-18-20(22-10-7-17-30-22)26-11-5-2-6-12-26/h3-4,7-10,17,20,29H,2,5-6,11-16,18H2,1H3,(H,24,25). The summed E-state index contributed by atoms with van der Waals surface area (Å²) in [6.45, 7) is 6.44. The van der Waals surface area contributed by atoms with Crippen LogP contribution in [-0.2, 0) is 0 Å². The lowest BCUT2D eigenvalue weighted by Crippen LogP contribution is -2.53. The van der Waals surface area contributed by atoms with Gasteiger partial charge in [0.15, 0.2) is 5.96 Å². The van der Waals surface area contributed by atoms with E-state index in [1.807, 2.05) is 31.3 Å². The van der Waals surface area contributed by atoms with Crippen LogP contribution in [0.15, 0.2) is 52.1 Å². The quantitative estimate of drug-likeness (QED) is 0.583. The fraction of sp³-hybridized carbons (Fsp3) is 0.522. The van der Waals surface area contributed by atoms with Gasteiger partial charge in [0.25, 0.3) is 0 Å². The first-order valence-corrected chi connectivity index (χ1v) is 11.0. The van der Waals surface area contributed by atoms with E-state index < -0.39 is 0 Å². The molecule has 0 amide bonds. The first-order chi connectivity index (χ1) is 14.8. The van der Waals surface area contributed by atoms with Gasteiger partial charge in [-0.1, -0.05) is 18.6 Å². The van der Waals surface area contributed by atoms with Crippen molar-refractivity contribution in [1.29, 1.82) is 0 Å². The number of likely N-dealkylation sites (tertiary alicyclic amines) is 1. The molecule has 4 rings (SSSR count). The molecule has 1 unspecified atom stereocenters. The number of guanidine groups is 1. The molecule has 2 aromatic rings. The molecular weight excluding hydrogens is 378 g/mol. The third-order valence-electron chi connectivity index (χ3n) is 6.17. The van der Waals surface area contributed by atoms with Crippen LogP contribution < -0.4 is 10.2 Å². The molecule has 30 heavy (non-hydrogen) atoms. The minimum absolute atomic E-state index is 0.222. The van der Waals surface area contributed by atoms with Crippen LogP contribution in [0.5, 0.6) is 5.75 Å². The fourth-order valence-corrected chi connectivity index (χ4v) is 4.53. The van der Waals surface area contributed by atoms with Crippen molar-refractivity contribution < 1.29 is 9.52 Å². The van der Waals surface area contributed by atoms with Crippen molar-refractivity contribution in [3.63, 3.8) is 0 Å². The minimum atomic E-state index is 0.222. The number of nitrogens with zero attached hydrogens (tertiary/aromatic N) is 4. The van der Waals surface area contributed by atoms with Crippen molar-refractivity contribution in [3.8, 4) is 5.75 Å². The Labute approximate surface area is 179 Å². The first-order valence-electron chi connectivity index (χ1n) is 11.0. The molecule has 7 heteroatoms. The second kappa shape index (κ2) is 9.89. The zero-order valence-electron chi connectivity index (χ0n) is 17.8. The minimum Gasteiger partial charge on any atom is -0.506 e. The molecule has 2 aliphatic rings. The number of piperidine rings is 1. The lowest BCUT2D eigenvalue weighted by molar-refractivity contribution is 0.145. The number of phenolic OH excluding ortho intramolecular Hbond substituents is 1. The number of piperazine rings is 1. The first kappa shape index (κ1) is 20.6. The van der Waals surface area contributed by atoms with Gasteiger partial charge in [0, 0.05) is 39.8 Å². The van der Waals surface area contributed by atoms with Gasteiger partial charge in [-0.05, 0) is 50.2 Å². The fourth-order valence-electron chi connectivity index (χ4n) is 4.53. The molecule has 0 saturated carbocycles. The van der Waals surface area contributed by atoms with Gasteiger partial charge in [0.2, 0.25) is 0 Å². The Balaban J connectivity index is 1.35. The maximum atomic E-state index is 10.1. The Kier molecular flexibility index (Phi) is 6.79. The number of hydrogen-bond acceptors (Lipinski definition) is 5. The summed E-state index contributed by atoms with van der Waals surface area (Å²) in [5, 5.41) is 13.7. The van der Waals surface area contributed by atoms with E-state index in [9.17, 15) is 5.11 Å². The van der Waals surface area contributed by atoms with E-state index >= 15 is 0 Å². The number of rotatable bonds is 5. The molecule has 0 aliphatic carbocycles. The van der Waals surface area contributed by atoms with Gasteiger partial charge in [-0.25, -0.2) is 0 Å². The Hall–Kier alpha value is -2.67. The zero-order valence-corrected chi connectivity index (χ0v) is 17.8. The average molecular weight is 412 g/mol. The van der Waals surface area contributed by atoms with Gasteiger partial charge in [-0.2, -0.15) is 0 Å². The van der Waals surface area contributed by atoms with E-state index in [1.165, 1.54) is 19.3 Å². The van der Waals surface area contributed by atoms with E-state index in [1.54, 1.807) is 12.3 Å². The highest BCUT2D eigenvalue weighted by Gasteiger charge is 2.26. The van der Waals surface area contributed by atoms with Gasteiger partial charge in [0.05, 0.1) is 18.0 Å². The van der Waals surface area contributed by atoms with Crippen molar-refractivity contribution in [2.75, 3.05) is 57.8 Å². The molecule has 162 valence electrons. The molecule has 2 saturated heterocycles. The van der Waals surface area contributed by atoms with E-state index in [-0.39, 0.29) is 6.04 Å². The van der Waals surface area contributed by atoms with Crippen LogP contribution in [0.25, 0.3) is 0 Å². The van der Waals surface area contributed by atoms with Gasteiger partial charge < -0.3 is 24.6 Å². The van der Waals surface area contributed by atoms with E-state index in [0.29, 0.717) is 5.75 Å². The van der Waals surface area contributed by atoms with E-state index in [0.717, 1.165) is 63.2 Å². The molecule has 7 nitrogen and oxygen atoms in total. The smallest absolute Gasteiger partial charge is 0.193 e. The number of furan rings is 1. The van der Waals surface area contributed by atoms with Crippen LogP contribution in [0, 0.1) is 0 Å². The number of phenols is 1. The number of aliphatic imine (C=N–C) groups is 1. The molecule has 0 radical (unpaired) electrons. The molecule has 1 aromatic carbocycles. The molecule has 0 bridgehead atoms. The maximum absolute atomic E-state index is 10.1. The lowest BCUT2D eigenvalue weighted by atomic mass is 10.1. The Morgan fingerprint density at radius 2 is 1.80 bits per heavy atom. The molecular formula is C23H33N5O2. The molecule has 2 fully saturated rings. The van der Waals surface area contributed by atoms with Crippen LogP contribution in [0.2, 0.25) is 0 Å². The monoisotopic (exact) mass is 411 g/mol. The van der Waals surface area contributed by atoms with Gasteiger partial charge in [-0.15, -0.1) is 0 Å². The topological polar surface area (TPSA) is 67.5 Å². The largest absolute Gasteiger partial charge is 0.506 e. The third-order valence-corrected chi connectivity index (χ3v) is 6.17. The average Bonchev–Trinajstić information content (AvgIpc) is 3.33. The number of para-hydroxylation sites is 2. The SMILES string of the molecule is CN=C(NCC(c1ccco1)N1CCCCC1)N1CCN(c2ccccc2O)CC1. The van der Waals surface area contributed by atoms with Crippen LogP contribution in [-0.4, -0.2) is 73.7 Å². The molecule has 1 aromatic heterocycles. The normalized spacial score (nSPS) is 19.7. The van der Waals surface area contributed by atoms with Crippen molar-refractivity contribution >= 4 is 11.6 Å². The molecule has 1 atom stereocenters. The highest BCUT2D eigenvalue weighted by atomic mass is 16.3. The van der Waals surface area contributed by atoms with Crippen molar-refractivity contribution in [3.05, 3.63) is 48.4 Å². The summed E-state index contributed by atoms with van der Waals surface area (Å²) >= 11 is 0. The second-order valence-electron chi connectivity index (χ2n) is 8.02. The van der Waals surface area contributed by atoms with Crippen LogP contribution in [0.1, 0.15) is 31.1 Å². The van der Waals surface area contributed by atoms with Crippen molar-refractivity contribution in [2.24, 2.45) is 4.99 Å². The van der Waals surface area contributed by atoms with E-state index in [4.69, 9.17) is 4.42 Å². The number of hydrogen-bond donors (Lipinski definition) is 2. The molecule has 2 aliphatic heterocycles. The van der Waals surface area contributed by atoms with Crippen LogP contribution in [0.4, 0.5) is 5.69 Å². The third kappa shape index (κ3) is 4.73. The Bertz CT molecular complexity index is 809. The summed E-state index contributed by atoms with van der Waals surface area (Å²) in [4.78, 5) is 11.6. The summed E-state index contributed by atoms with van der Waals surface area (Å²) < 4.78 is 5.77. The van der Waals surface area contributed by atoms with Gasteiger partial charge in [0.1, 0.15) is 11.5 Å². The van der Waals surface area contributed by atoms with E-state index in [2.05, 4.69) is 31.1 Å². The summed E-state index contributed by atoms with van der Waals surface area (Å²) in [6, 6.07) is 11.8. The summed E-state index contributed by atoms with van der Waals surface area (Å²) in [5.41, 5.74) is 0.906. The Morgan fingerprint density at radius 1 is 1.03 bits per heavy atom. The lowest BCUT2D eigenvalue weighted by Gasteiger charge is -2.39. The zero-order chi connectivity index (χ0) is 20.8. The predicted molar refractivity (Wildman–Crippen MR) is 120 cm³/mol. The number of aromatic hydroxyl groups is 1. The van der Waals surface area contributed by atoms with Crippen molar-refractivity contribution in [2.45, 2.75) is 25.3 Å². The Morgan fingerprint density at radius 3 is 2.47 bits per heavy atom. The van der Waals surface area contributed by atoms with Crippen LogP contribution in [0.3, 0.4) is 0 Å². The number of anilines is 1. The number of benzene rings is 1. The summed E-state index contributed by atoms with van der Waals surface area (Å²) in [6.07, 6.45) is 5.58. The predicted octanol–water partition coefficient (Wildman–Crippen LogP) is 2.91. The maximum Gasteiger partial charge on any atom is 0.193 e. The van der Waals surface area contributed by atoms with Crippen LogP contribution >= 0.6 is 0 Å². The highest BCUT2D eigenvalue weighted by Crippen LogP contribution is 2.27. The second-order valence-corrected chi connectivity index (χ2v) is 8.02. The number of nitrogens with one attached hydrogen (secondary N) is 1.